The standard InChI is InChI=1S/C16H16N2O2S/c19-10-4-3-6-13-5-1-2-7-15(13)16(20)17-9-8-14-11-21-12-18-14/h1-2,5,7,11-12,19H,4,8-10H2,(H,17,20). The maximum atomic E-state index is 12.2. The monoisotopic (exact) mass is 300 g/mol. The van der Waals surface area contributed by atoms with Gasteiger partial charge in [0.25, 0.3) is 5.91 Å². The quantitative estimate of drug-likeness (QED) is 0.828. The molecule has 2 N–H and O–H groups in total. The number of nitrogens with one attached hydrogen (secondary N) is 1. The van der Waals surface area contributed by atoms with Gasteiger partial charge in [-0.3, -0.25) is 4.79 Å². The van der Waals surface area contributed by atoms with Gasteiger partial charge in [-0.05, 0) is 12.1 Å². The summed E-state index contributed by atoms with van der Waals surface area (Å²) in [6, 6.07) is 7.21. The Labute approximate surface area is 127 Å². The van der Waals surface area contributed by atoms with Crippen LogP contribution in [0.3, 0.4) is 0 Å². The van der Waals surface area contributed by atoms with E-state index in [1.54, 1.807) is 29.0 Å². The molecule has 1 amide bonds. The number of carbonyl (C=O) groups is 1. The molecule has 4 nitrogen and oxygen atoms in total. The van der Waals surface area contributed by atoms with Crippen molar-refractivity contribution in [1.29, 1.82) is 0 Å². The summed E-state index contributed by atoms with van der Waals surface area (Å²) in [7, 11) is 0. The Hall–Kier alpha value is -2.16. The number of carbonyl (C=O) groups excluding carboxylic acids is 1. The second kappa shape index (κ2) is 8.20. The lowest BCUT2D eigenvalue weighted by atomic mass is 10.1. The predicted octanol–water partition coefficient (Wildman–Crippen LogP) is 1.85. The molecule has 21 heavy (non-hydrogen) atoms. The number of hydrogen-bond acceptors (Lipinski definition) is 4. The summed E-state index contributed by atoms with van der Waals surface area (Å²) in [5.74, 6) is 5.61. The lowest BCUT2D eigenvalue weighted by Crippen LogP contribution is -2.26. The van der Waals surface area contributed by atoms with Crippen molar-refractivity contribution < 1.29 is 9.90 Å². The number of aliphatic hydroxyl groups excluding tert-OH is 1. The van der Waals surface area contributed by atoms with Gasteiger partial charge >= 0.3 is 0 Å². The summed E-state index contributed by atoms with van der Waals surface area (Å²) in [6.45, 7) is 0.565. The molecule has 0 unspecified atom stereocenters. The molecule has 1 aromatic carbocycles. The van der Waals surface area contributed by atoms with E-state index in [1.165, 1.54) is 0 Å². The second-order valence-corrected chi connectivity index (χ2v) is 5.03. The van der Waals surface area contributed by atoms with Crippen molar-refractivity contribution in [3.05, 3.63) is 52.0 Å². The fourth-order valence-corrected chi connectivity index (χ4v) is 2.36. The highest BCUT2D eigenvalue weighted by Gasteiger charge is 2.09. The molecule has 0 fully saturated rings. The zero-order valence-corrected chi connectivity index (χ0v) is 12.3. The Balaban J connectivity index is 1.97. The van der Waals surface area contributed by atoms with Crippen molar-refractivity contribution in [2.75, 3.05) is 13.2 Å². The fourth-order valence-electron chi connectivity index (χ4n) is 1.76. The molecule has 0 bridgehead atoms. The molecule has 0 atom stereocenters. The van der Waals surface area contributed by atoms with E-state index in [2.05, 4.69) is 22.1 Å². The van der Waals surface area contributed by atoms with Crippen molar-refractivity contribution in [2.45, 2.75) is 12.8 Å². The van der Waals surface area contributed by atoms with E-state index in [0.717, 1.165) is 5.69 Å². The van der Waals surface area contributed by atoms with Crippen LogP contribution in [0, 0.1) is 11.8 Å². The number of hydrogen-bond donors (Lipinski definition) is 2. The first-order valence-corrected chi connectivity index (χ1v) is 7.59. The van der Waals surface area contributed by atoms with Crippen LogP contribution in [0.25, 0.3) is 0 Å². The van der Waals surface area contributed by atoms with Gasteiger partial charge in [0.05, 0.1) is 23.4 Å². The van der Waals surface area contributed by atoms with Crippen molar-refractivity contribution in [3.8, 4) is 11.8 Å². The first-order valence-electron chi connectivity index (χ1n) is 6.65. The van der Waals surface area contributed by atoms with E-state index >= 15 is 0 Å². The largest absolute Gasteiger partial charge is 0.395 e. The van der Waals surface area contributed by atoms with Gasteiger partial charge in [-0.1, -0.05) is 24.0 Å². The minimum atomic E-state index is -0.140. The van der Waals surface area contributed by atoms with E-state index in [-0.39, 0.29) is 12.5 Å². The van der Waals surface area contributed by atoms with E-state index in [1.807, 2.05) is 17.5 Å². The molecule has 0 radical (unpaired) electrons. The maximum absolute atomic E-state index is 12.2. The molecule has 0 saturated heterocycles. The minimum Gasteiger partial charge on any atom is -0.395 e. The van der Waals surface area contributed by atoms with Crippen molar-refractivity contribution in [3.63, 3.8) is 0 Å². The van der Waals surface area contributed by atoms with Gasteiger partial charge in [-0.15, -0.1) is 11.3 Å². The van der Waals surface area contributed by atoms with E-state index in [4.69, 9.17) is 5.11 Å². The van der Waals surface area contributed by atoms with Crippen molar-refractivity contribution in [2.24, 2.45) is 0 Å². The van der Waals surface area contributed by atoms with Gasteiger partial charge in [0.2, 0.25) is 0 Å². The van der Waals surface area contributed by atoms with Gasteiger partial charge in [0, 0.05) is 30.3 Å². The lowest BCUT2D eigenvalue weighted by molar-refractivity contribution is 0.0954. The smallest absolute Gasteiger partial charge is 0.252 e. The van der Waals surface area contributed by atoms with Crippen LogP contribution in [-0.4, -0.2) is 29.1 Å². The molecule has 0 spiro atoms. The average Bonchev–Trinajstić information content (AvgIpc) is 3.01. The van der Waals surface area contributed by atoms with Crippen LogP contribution >= 0.6 is 11.3 Å². The third-order valence-electron chi connectivity index (χ3n) is 2.78. The van der Waals surface area contributed by atoms with Crippen LogP contribution in [0.15, 0.2) is 35.2 Å². The summed E-state index contributed by atoms with van der Waals surface area (Å²) in [6.07, 6.45) is 1.12. The lowest BCUT2D eigenvalue weighted by Gasteiger charge is -2.06. The van der Waals surface area contributed by atoms with Crippen LogP contribution in [-0.2, 0) is 6.42 Å². The summed E-state index contributed by atoms with van der Waals surface area (Å²) in [5, 5.41) is 13.6. The van der Waals surface area contributed by atoms with Crippen molar-refractivity contribution >= 4 is 17.2 Å². The van der Waals surface area contributed by atoms with E-state index in [9.17, 15) is 4.79 Å². The number of thiazole rings is 1. The Bertz CT molecular complexity index is 642. The molecule has 0 aliphatic rings. The summed E-state index contributed by atoms with van der Waals surface area (Å²) in [4.78, 5) is 16.4. The highest BCUT2D eigenvalue weighted by molar-refractivity contribution is 7.07. The normalized spacial score (nSPS) is 9.76. The number of aromatic nitrogens is 1. The highest BCUT2D eigenvalue weighted by Crippen LogP contribution is 2.07. The average molecular weight is 300 g/mol. The summed E-state index contributed by atoms with van der Waals surface area (Å²) in [5.41, 5.74) is 4.00. The molecular weight excluding hydrogens is 284 g/mol. The van der Waals surface area contributed by atoms with Gasteiger partial charge < -0.3 is 10.4 Å². The zero-order valence-electron chi connectivity index (χ0n) is 11.5. The van der Waals surface area contributed by atoms with Crippen molar-refractivity contribution in [1.82, 2.24) is 10.3 Å². The molecule has 2 rings (SSSR count). The first-order chi connectivity index (χ1) is 10.3. The number of nitrogens with zero attached hydrogens (tertiary/aromatic N) is 1. The Morgan fingerprint density at radius 2 is 2.24 bits per heavy atom. The van der Waals surface area contributed by atoms with Crippen LogP contribution in [0.2, 0.25) is 0 Å². The Kier molecular flexibility index (Phi) is 5.95. The van der Waals surface area contributed by atoms with Gasteiger partial charge in [-0.2, -0.15) is 0 Å². The van der Waals surface area contributed by atoms with Crippen LogP contribution in [0.4, 0.5) is 0 Å². The van der Waals surface area contributed by atoms with E-state index in [0.29, 0.717) is 30.5 Å². The number of aliphatic hydroxyl groups is 1. The van der Waals surface area contributed by atoms with Crippen LogP contribution in [0.5, 0.6) is 0 Å². The second-order valence-electron chi connectivity index (χ2n) is 4.31. The summed E-state index contributed by atoms with van der Waals surface area (Å²) >= 11 is 1.55. The molecular formula is C16H16N2O2S. The van der Waals surface area contributed by atoms with Crippen LogP contribution in [0.1, 0.15) is 28.0 Å². The Morgan fingerprint density at radius 1 is 1.38 bits per heavy atom. The molecule has 0 aliphatic heterocycles. The third kappa shape index (κ3) is 4.71. The topological polar surface area (TPSA) is 62.2 Å². The molecule has 108 valence electrons. The SMILES string of the molecule is O=C(NCCc1cscn1)c1ccccc1C#CCCO. The van der Waals surface area contributed by atoms with Gasteiger partial charge in [-0.25, -0.2) is 4.98 Å². The highest BCUT2D eigenvalue weighted by atomic mass is 32.1. The van der Waals surface area contributed by atoms with E-state index < -0.39 is 0 Å². The van der Waals surface area contributed by atoms with Gasteiger partial charge in [0.15, 0.2) is 0 Å². The fraction of sp³-hybridized carbons (Fsp3) is 0.250. The molecule has 2 aromatic rings. The molecule has 1 aromatic heterocycles. The van der Waals surface area contributed by atoms with Crippen LogP contribution < -0.4 is 5.32 Å². The van der Waals surface area contributed by atoms with Gasteiger partial charge in [0.1, 0.15) is 0 Å². The maximum Gasteiger partial charge on any atom is 0.252 e. The number of benzene rings is 1. The molecule has 0 saturated carbocycles. The third-order valence-corrected chi connectivity index (χ3v) is 3.42. The molecule has 1 heterocycles. The summed E-state index contributed by atoms with van der Waals surface area (Å²) < 4.78 is 0. The number of amides is 1. The zero-order chi connectivity index (χ0) is 14.9. The predicted molar refractivity (Wildman–Crippen MR) is 83.2 cm³/mol. The molecule has 0 aliphatic carbocycles. The first kappa shape index (κ1) is 15.2. The Morgan fingerprint density at radius 3 is 3.00 bits per heavy atom. The number of rotatable bonds is 5. The minimum absolute atomic E-state index is 0.0228. The molecule has 5 heteroatoms.